The third-order valence-corrected chi connectivity index (χ3v) is 5.67. The Hall–Kier alpha value is -1.84. The van der Waals surface area contributed by atoms with Crippen molar-refractivity contribution in [1.29, 1.82) is 0 Å². The zero-order chi connectivity index (χ0) is 18.4. The smallest absolute Gasteiger partial charge is 0.115 e. The summed E-state index contributed by atoms with van der Waals surface area (Å²) in [6.07, 6.45) is 5.40. The molecular formula is C23H31NO2. The first kappa shape index (κ1) is 18.9. The predicted octanol–water partition coefficient (Wildman–Crippen LogP) is 4.65. The van der Waals surface area contributed by atoms with Crippen LogP contribution in [0.15, 0.2) is 54.6 Å². The highest BCUT2D eigenvalue weighted by Crippen LogP contribution is 2.42. The zero-order valence-corrected chi connectivity index (χ0v) is 15.8. The fraction of sp³-hybridized carbons (Fsp3) is 0.478. The quantitative estimate of drug-likeness (QED) is 0.761. The molecule has 2 aromatic carbocycles. The van der Waals surface area contributed by atoms with Crippen molar-refractivity contribution in [2.45, 2.75) is 50.5 Å². The molecule has 0 radical (unpaired) electrons. The van der Waals surface area contributed by atoms with Crippen molar-refractivity contribution in [1.82, 2.24) is 4.90 Å². The minimum atomic E-state index is -0.943. The van der Waals surface area contributed by atoms with Crippen molar-refractivity contribution < 1.29 is 10.2 Å². The van der Waals surface area contributed by atoms with Crippen LogP contribution in [0.5, 0.6) is 5.75 Å². The first-order chi connectivity index (χ1) is 12.6. The summed E-state index contributed by atoms with van der Waals surface area (Å²) in [5.41, 5.74) is 1.13. The van der Waals surface area contributed by atoms with Gasteiger partial charge in [0.15, 0.2) is 0 Å². The molecule has 2 N–H and O–H groups in total. The second-order valence-corrected chi connectivity index (χ2v) is 7.55. The molecule has 0 spiro atoms. The lowest BCUT2D eigenvalue weighted by atomic mass is 9.74. The molecular weight excluding hydrogens is 322 g/mol. The number of benzene rings is 2. The van der Waals surface area contributed by atoms with E-state index in [4.69, 9.17) is 0 Å². The molecule has 26 heavy (non-hydrogen) atoms. The van der Waals surface area contributed by atoms with E-state index in [1.54, 1.807) is 12.1 Å². The van der Waals surface area contributed by atoms with Gasteiger partial charge in [-0.25, -0.2) is 0 Å². The molecule has 1 fully saturated rings. The minimum absolute atomic E-state index is 0.00583. The molecule has 2 atom stereocenters. The Bertz CT molecular complexity index is 664. The van der Waals surface area contributed by atoms with Crippen LogP contribution in [-0.2, 0) is 5.60 Å². The molecule has 2 aromatic rings. The molecule has 3 nitrogen and oxygen atoms in total. The maximum Gasteiger partial charge on any atom is 0.115 e. The third-order valence-electron chi connectivity index (χ3n) is 5.67. The monoisotopic (exact) mass is 353 g/mol. The SMILES string of the molecule is CCCC(O)(c1ccc(O)cc1)C(CN1CCCCC1)c1ccccc1. The Morgan fingerprint density at radius 2 is 1.62 bits per heavy atom. The van der Waals surface area contributed by atoms with Gasteiger partial charge < -0.3 is 15.1 Å². The number of phenolic OH excluding ortho intramolecular Hbond substituents is 1. The Balaban J connectivity index is 1.99. The molecule has 140 valence electrons. The molecule has 0 saturated carbocycles. The second-order valence-electron chi connectivity index (χ2n) is 7.55. The Labute approximate surface area is 157 Å². The van der Waals surface area contributed by atoms with Crippen molar-refractivity contribution in [3.8, 4) is 5.75 Å². The first-order valence-corrected chi connectivity index (χ1v) is 9.92. The molecule has 0 amide bonds. The minimum Gasteiger partial charge on any atom is -0.508 e. The summed E-state index contributed by atoms with van der Waals surface area (Å²) in [5, 5.41) is 21.6. The van der Waals surface area contributed by atoms with Gasteiger partial charge in [0, 0.05) is 12.5 Å². The molecule has 0 bridgehead atoms. The summed E-state index contributed by atoms with van der Waals surface area (Å²) in [4.78, 5) is 2.50. The third kappa shape index (κ3) is 4.28. The lowest BCUT2D eigenvalue weighted by Crippen LogP contribution is -2.42. The molecule has 0 aromatic heterocycles. The summed E-state index contributed by atoms with van der Waals surface area (Å²) < 4.78 is 0. The zero-order valence-electron chi connectivity index (χ0n) is 15.8. The number of likely N-dealkylation sites (tertiary alicyclic amines) is 1. The number of aliphatic hydroxyl groups is 1. The largest absolute Gasteiger partial charge is 0.508 e. The Morgan fingerprint density at radius 3 is 2.23 bits per heavy atom. The number of rotatable bonds is 7. The highest BCUT2D eigenvalue weighted by molar-refractivity contribution is 5.35. The van der Waals surface area contributed by atoms with Crippen molar-refractivity contribution in [3.63, 3.8) is 0 Å². The summed E-state index contributed by atoms with van der Waals surface area (Å²) in [5.74, 6) is 0.242. The van der Waals surface area contributed by atoms with Crippen LogP contribution in [0.4, 0.5) is 0 Å². The molecule has 3 rings (SSSR count). The maximum absolute atomic E-state index is 11.9. The molecule has 1 heterocycles. The van der Waals surface area contributed by atoms with E-state index in [0.717, 1.165) is 31.6 Å². The average Bonchev–Trinajstić information content (AvgIpc) is 2.68. The van der Waals surface area contributed by atoms with Crippen LogP contribution in [0.3, 0.4) is 0 Å². The number of nitrogens with zero attached hydrogens (tertiary/aromatic N) is 1. The van der Waals surface area contributed by atoms with Gasteiger partial charge in [0.25, 0.3) is 0 Å². The van der Waals surface area contributed by atoms with Gasteiger partial charge in [-0.05, 0) is 55.6 Å². The van der Waals surface area contributed by atoms with Crippen LogP contribution >= 0.6 is 0 Å². The Morgan fingerprint density at radius 1 is 0.962 bits per heavy atom. The van der Waals surface area contributed by atoms with Crippen molar-refractivity contribution in [3.05, 3.63) is 65.7 Å². The van der Waals surface area contributed by atoms with E-state index in [1.165, 1.54) is 24.8 Å². The Kier molecular flexibility index (Phi) is 6.33. The topological polar surface area (TPSA) is 43.7 Å². The molecule has 1 aliphatic rings. The van der Waals surface area contributed by atoms with E-state index < -0.39 is 5.60 Å². The van der Waals surface area contributed by atoms with Gasteiger partial charge in [-0.3, -0.25) is 0 Å². The standard InChI is InChI=1S/C23H31NO2/c1-2-15-23(26,20-11-13-21(25)14-12-20)22(19-9-5-3-6-10-19)18-24-16-7-4-8-17-24/h3,5-6,9-14,22,25-26H,2,4,7-8,15-18H2,1H3. The first-order valence-electron chi connectivity index (χ1n) is 9.92. The number of piperidine rings is 1. The van der Waals surface area contributed by atoms with Crippen LogP contribution in [0.2, 0.25) is 0 Å². The van der Waals surface area contributed by atoms with E-state index in [0.29, 0.717) is 6.42 Å². The van der Waals surface area contributed by atoms with Crippen LogP contribution in [0, 0.1) is 0 Å². The normalized spacial score (nSPS) is 19.0. The van der Waals surface area contributed by atoms with Crippen LogP contribution in [0.1, 0.15) is 56.1 Å². The molecule has 1 aliphatic heterocycles. The van der Waals surface area contributed by atoms with Gasteiger partial charge in [0.05, 0.1) is 5.60 Å². The summed E-state index contributed by atoms with van der Waals surface area (Å²) in [7, 11) is 0. The second kappa shape index (κ2) is 8.70. The van der Waals surface area contributed by atoms with Crippen molar-refractivity contribution >= 4 is 0 Å². The average molecular weight is 354 g/mol. The lowest BCUT2D eigenvalue weighted by Gasteiger charge is -2.41. The number of hydrogen-bond acceptors (Lipinski definition) is 3. The number of phenols is 1. The van der Waals surface area contributed by atoms with Gasteiger partial charge in [0.2, 0.25) is 0 Å². The van der Waals surface area contributed by atoms with E-state index in [9.17, 15) is 10.2 Å². The fourth-order valence-corrected chi connectivity index (χ4v) is 4.27. The van der Waals surface area contributed by atoms with Gasteiger partial charge in [-0.2, -0.15) is 0 Å². The molecule has 0 aliphatic carbocycles. The maximum atomic E-state index is 11.9. The van der Waals surface area contributed by atoms with Gasteiger partial charge in [-0.15, -0.1) is 0 Å². The van der Waals surface area contributed by atoms with Crippen LogP contribution in [-0.4, -0.2) is 34.7 Å². The lowest BCUT2D eigenvalue weighted by molar-refractivity contribution is -0.0152. The van der Waals surface area contributed by atoms with Crippen molar-refractivity contribution in [2.75, 3.05) is 19.6 Å². The number of hydrogen-bond donors (Lipinski definition) is 2. The summed E-state index contributed by atoms with van der Waals surface area (Å²) in [6, 6.07) is 17.5. The highest BCUT2D eigenvalue weighted by atomic mass is 16.3. The van der Waals surface area contributed by atoms with Gasteiger partial charge in [-0.1, -0.05) is 62.2 Å². The highest BCUT2D eigenvalue weighted by Gasteiger charge is 2.39. The fourth-order valence-electron chi connectivity index (χ4n) is 4.27. The van der Waals surface area contributed by atoms with E-state index in [2.05, 4.69) is 36.1 Å². The summed E-state index contributed by atoms with van der Waals surface area (Å²) >= 11 is 0. The van der Waals surface area contributed by atoms with E-state index >= 15 is 0 Å². The summed E-state index contributed by atoms with van der Waals surface area (Å²) in [6.45, 7) is 5.21. The van der Waals surface area contributed by atoms with Gasteiger partial charge in [0.1, 0.15) is 5.75 Å². The van der Waals surface area contributed by atoms with Crippen LogP contribution in [0.25, 0.3) is 0 Å². The molecule has 3 heteroatoms. The number of aromatic hydroxyl groups is 1. The van der Waals surface area contributed by atoms with Crippen LogP contribution < -0.4 is 0 Å². The van der Waals surface area contributed by atoms with E-state index in [1.807, 2.05) is 18.2 Å². The predicted molar refractivity (Wildman–Crippen MR) is 106 cm³/mol. The van der Waals surface area contributed by atoms with E-state index in [-0.39, 0.29) is 11.7 Å². The van der Waals surface area contributed by atoms with Gasteiger partial charge >= 0.3 is 0 Å². The van der Waals surface area contributed by atoms with Crippen molar-refractivity contribution in [2.24, 2.45) is 0 Å². The molecule has 1 saturated heterocycles. The molecule has 2 unspecified atom stereocenters.